The summed E-state index contributed by atoms with van der Waals surface area (Å²) in [5.41, 5.74) is 21.8. The molecular formula is C33H53ClN10O7. The number of rotatable bonds is 17. The summed E-state index contributed by atoms with van der Waals surface area (Å²) < 4.78 is 10.6. The molecule has 284 valence electrons. The Labute approximate surface area is 303 Å². The molecule has 0 aliphatic heterocycles. The number of alkyl carbamates (subject to hydrolysis) is 1. The first-order valence-corrected chi connectivity index (χ1v) is 16.4. The molecule has 4 amide bonds. The molecule has 17 nitrogen and oxygen atoms in total. The summed E-state index contributed by atoms with van der Waals surface area (Å²) in [5.74, 6) is -2.11. The molecule has 1 aromatic carbocycles. The average molecular weight is 737 g/mol. The fourth-order valence-electron chi connectivity index (χ4n) is 4.87. The van der Waals surface area contributed by atoms with Crippen molar-refractivity contribution in [1.82, 2.24) is 16.0 Å². The van der Waals surface area contributed by atoms with Crippen LogP contribution in [-0.2, 0) is 19.1 Å². The van der Waals surface area contributed by atoms with Gasteiger partial charge in [0.1, 0.15) is 29.3 Å². The molecule has 0 aliphatic rings. The van der Waals surface area contributed by atoms with Gasteiger partial charge in [-0.15, -0.1) is 12.4 Å². The maximum atomic E-state index is 13.8. The first-order valence-electron chi connectivity index (χ1n) is 16.4. The van der Waals surface area contributed by atoms with Crippen molar-refractivity contribution in [2.75, 3.05) is 18.4 Å². The largest absolute Gasteiger partial charge is 0.444 e. The number of nitrogens with one attached hydrogen (secondary N) is 4. The van der Waals surface area contributed by atoms with Crippen LogP contribution < -0.4 is 49.8 Å². The van der Waals surface area contributed by atoms with Gasteiger partial charge in [-0.05, 0) is 83.4 Å². The average Bonchev–Trinajstić information content (AvgIpc) is 2.97. The van der Waals surface area contributed by atoms with E-state index in [-0.39, 0.29) is 68.2 Å². The Morgan fingerprint density at radius 2 is 1.35 bits per heavy atom. The molecule has 0 aliphatic carbocycles. The normalized spacial score (nSPS) is 12.8. The second-order valence-corrected chi connectivity index (χ2v) is 13.3. The van der Waals surface area contributed by atoms with Gasteiger partial charge in [0.05, 0.1) is 0 Å². The summed E-state index contributed by atoms with van der Waals surface area (Å²) in [6, 6.07) is 2.97. The zero-order chi connectivity index (χ0) is 37.6. The number of carbonyl (C=O) groups excluding carboxylic acids is 4. The van der Waals surface area contributed by atoms with Crippen molar-refractivity contribution >= 4 is 64.8 Å². The van der Waals surface area contributed by atoms with Gasteiger partial charge in [-0.3, -0.25) is 24.4 Å². The summed E-state index contributed by atoms with van der Waals surface area (Å²) in [5, 5.41) is 11.5. The van der Waals surface area contributed by atoms with Crippen LogP contribution in [0.3, 0.4) is 0 Å². The molecular weight excluding hydrogens is 684 g/mol. The predicted octanol–water partition coefficient (Wildman–Crippen LogP) is 1.48. The molecule has 1 aromatic heterocycles. The van der Waals surface area contributed by atoms with Gasteiger partial charge in [-0.25, -0.2) is 9.59 Å². The second kappa shape index (κ2) is 20.6. The van der Waals surface area contributed by atoms with Gasteiger partial charge in [0.15, 0.2) is 11.9 Å². The number of benzene rings is 1. The van der Waals surface area contributed by atoms with Crippen molar-refractivity contribution in [2.24, 2.45) is 38.8 Å². The van der Waals surface area contributed by atoms with Gasteiger partial charge >= 0.3 is 11.7 Å². The monoisotopic (exact) mass is 736 g/mol. The molecule has 2 rings (SSSR count). The van der Waals surface area contributed by atoms with Crippen LogP contribution in [0.1, 0.15) is 72.3 Å². The van der Waals surface area contributed by atoms with Crippen LogP contribution in [0, 0.1) is 12.8 Å². The quantitative estimate of drug-likeness (QED) is 0.0498. The highest BCUT2D eigenvalue weighted by atomic mass is 35.5. The zero-order valence-electron chi connectivity index (χ0n) is 30.0. The Balaban J connectivity index is 0.0000130. The minimum Gasteiger partial charge on any atom is -0.444 e. The molecule has 0 radical (unpaired) electrons. The van der Waals surface area contributed by atoms with Crippen LogP contribution in [0.4, 0.5) is 10.5 Å². The summed E-state index contributed by atoms with van der Waals surface area (Å²) in [7, 11) is 0. The van der Waals surface area contributed by atoms with Crippen molar-refractivity contribution < 1.29 is 28.3 Å². The number of amides is 4. The Bertz CT molecular complexity index is 1610. The number of aryl methyl sites for hydroxylation is 1. The number of nitrogens with zero attached hydrogens (tertiary/aromatic N) is 2. The lowest BCUT2D eigenvalue weighted by atomic mass is 10.0. The fourth-order valence-corrected chi connectivity index (χ4v) is 4.87. The van der Waals surface area contributed by atoms with E-state index >= 15 is 0 Å². The van der Waals surface area contributed by atoms with E-state index in [0.29, 0.717) is 29.5 Å². The Morgan fingerprint density at radius 3 is 1.86 bits per heavy atom. The number of anilines is 1. The fraction of sp³-hybridized carbons (Fsp3) is 0.545. The summed E-state index contributed by atoms with van der Waals surface area (Å²) in [6.45, 7) is 11.0. The number of hydrogen-bond acceptors (Lipinski definition) is 9. The van der Waals surface area contributed by atoms with Crippen LogP contribution in [-0.4, -0.2) is 72.5 Å². The van der Waals surface area contributed by atoms with Crippen molar-refractivity contribution in [1.29, 1.82) is 0 Å². The van der Waals surface area contributed by atoms with Gasteiger partial charge < -0.3 is 53.4 Å². The molecule has 1 heterocycles. The van der Waals surface area contributed by atoms with Crippen LogP contribution in [0.15, 0.2) is 43.5 Å². The van der Waals surface area contributed by atoms with Gasteiger partial charge in [-0.1, -0.05) is 13.8 Å². The molecule has 0 fully saturated rings. The number of aliphatic imine (C=N–C) groups is 2. The van der Waals surface area contributed by atoms with Crippen molar-refractivity contribution in [3.05, 3.63) is 40.2 Å². The van der Waals surface area contributed by atoms with Crippen molar-refractivity contribution in [3.63, 3.8) is 0 Å². The zero-order valence-corrected chi connectivity index (χ0v) is 30.9. The van der Waals surface area contributed by atoms with Crippen molar-refractivity contribution in [3.8, 4) is 0 Å². The van der Waals surface area contributed by atoms with E-state index in [1.807, 2.05) is 13.8 Å². The van der Waals surface area contributed by atoms with Crippen LogP contribution in [0.25, 0.3) is 11.0 Å². The summed E-state index contributed by atoms with van der Waals surface area (Å²) >= 11 is 0. The first kappa shape index (κ1) is 44.0. The Hall–Kier alpha value is -5.06. The van der Waals surface area contributed by atoms with Gasteiger partial charge in [0.2, 0.25) is 17.7 Å². The molecule has 1 unspecified atom stereocenters. The van der Waals surface area contributed by atoms with E-state index in [0.717, 1.165) is 0 Å². The van der Waals surface area contributed by atoms with E-state index in [4.69, 9.17) is 32.1 Å². The Kier molecular flexibility index (Phi) is 17.7. The Morgan fingerprint density at radius 1 is 0.824 bits per heavy atom. The van der Waals surface area contributed by atoms with E-state index in [1.54, 1.807) is 39.8 Å². The highest BCUT2D eigenvalue weighted by Crippen LogP contribution is 2.21. The predicted molar refractivity (Wildman–Crippen MR) is 199 cm³/mol. The third-order valence-electron chi connectivity index (χ3n) is 7.09. The minimum absolute atomic E-state index is 0. The summed E-state index contributed by atoms with van der Waals surface area (Å²) in [4.78, 5) is 73.3. The third-order valence-corrected chi connectivity index (χ3v) is 7.09. The first-order chi connectivity index (χ1) is 23.3. The lowest BCUT2D eigenvalue weighted by molar-refractivity contribution is -0.132. The smallest absolute Gasteiger partial charge is 0.408 e. The number of carbonyl (C=O) groups is 4. The highest BCUT2D eigenvalue weighted by Gasteiger charge is 2.31. The molecule has 0 spiro atoms. The highest BCUT2D eigenvalue weighted by molar-refractivity contribution is 6.00. The topological polar surface area (TPSA) is 285 Å². The maximum Gasteiger partial charge on any atom is 0.408 e. The number of nitrogens with two attached hydrogens (primary N) is 4. The molecule has 2 aromatic rings. The number of halogens is 1. The number of hydrogen-bond donors (Lipinski definition) is 8. The lowest BCUT2D eigenvalue weighted by Gasteiger charge is -2.27. The van der Waals surface area contributed by atoms with Crippen LogP contribution in [0.2, 0.25) is 0 Å². The van der Waals surface area contributed by atoms with E-state index in [1.165, 1.54) is 12.1 Å². The number of ether oxygens (including phenoxy) is 1. The maximum absolute atomic E-state index is 13.8. The third kappa shape index (κ3) is 16.5. The molecule has 0 bridgehead atoms. The molecule has 0 saturated carbocycles. The second-order valence-electron chi connectivity index (χ2n) is 13.3. The van der Waals surface area contributed by atoms with E-state index in [9.17, 15) is 24.0 Å². The van der Waals surface area contributed by atoms with E-state index in [2.05, 4.69) is 31.3 Å². The number of guanidine groups is 2. The SMILES string of the molecule is Cc1cc(=O)oc2cc(NC(=O)C(CCCN=C(N)N)NC(=O)[C@H](CCCN=C(N)N)NC(=O)[C@H](CC(C)C)NC(=O)OC(C)(C)C)ccc12.Cl. The molecule has 18 heteroatoms. The minimum atomic E-state index is -1.14. The molecule has 12 N–H and O–H groups in total. The van der Waals surface area contributed by atoms with Gasteiger partial charge in [-0.2, -0.15) is 0 Å². The number of fused-ring (bicyclic) bond motifs is 1. The molecule has 0 saturated heterocycles. The molecule has 3 atom stereocenters. The lowest BCUT2D eigenvalue weighted by Crippen LogP contribution is -2.56. The van der Waals surface area contributed by atoms with Gasteiger partial charge in [0, 0.05) is 36.3 Å². The standard InChI is InChI=1S/C33H52N10O7.ClH/c1-18(2)15-24(43-32(48)50-33(4,5)6)29(47)42-23(10-8-14-39-31(36)37)28(46)41-22(9-7-13-38-30(34)35)27(45)40-20-11-12-21-19(3)16-26(44)49-25(21)17-20;/h11-12,16-18,22-24H,7-10,13-15H2,1-6H3,(H,40,45)(H,41,46)(H,42,47)(H,43,48)(H4,34,35,38)(H4,36,37,39);1H/t22?,23-,24-;/m0./s1. The molecule has 51 heavy (non-hydrogen) atoms. The van der Waals surface area contributed by atoms with Gasteiger partial charge in [0.25, 0.3) is 0 Å². The van der Waals surface area contributed by atoms with E-state index < -0.39 is 53.2 Å². The van der Waals surface area contributed by atoms with Crippen LogP contribution in [0.5, 0.6) is 0 Å². The van der Waals surface area contributed by atoms with Crippen LogP contribution >= 0.6 is 12.4 Å². The van der Waals surface area contributed by atoms with Crippen molar-refractivity contribution in [2.45, 2.75) is 97.4 Å². The summed E-state index contributed by atoms with van der Waals surface area (Å²) in [6.07, 6.45) is 0.316.